The van der Waals surface area contributed by atoms with Crippen molar-refractivity contribution in [3.8, 4) is 0 Å². The predicted octanol–water partition coefficient (Wildman–Crippen LogP) is 4.65. The summed E-state index contributed by atoms with van der Waals surface area (Å²) in [6.07, 6.45) is 15.2. The topological polar surface area (TPSA) is 35.5 Å². The highest BCUT2D eigenvalue weighted by Crippen LogP contribution is 2.11. The summed E-state index contributed by atoms with van der Waals surface area (Å²) in [5, 5.41) is 0. The molecule has 0 fully saturated rings. The Hall–Kier alpha value is -0.830. The third kappa shape index (κ3) is 15.2. The molecule has 0 spiro atoms. The Labute approximate surface area is 124 Å². The van der Waals surface area contributed by atoms with E-state index in [2.05, 4.69) is 6.58 Å². The third-order valence-electron chi connectivity index (χ3n) is 3.40. The van der Waals surface area contributed by atoms with Crippen molar-refractivity contribution >= 4 is 5.97 Å². The Morgan fingerprint density at radius 2 is 1.20 bits per heavy atom. The number of ether oxygens (including phenoxy) is 2. The van der Waals surface area contributed by atoms with Crippen molar-refractivity contribution in [2.24, 2.45) is 0 Å². The molecule has 0 aromatic rings. The summed E-state index contributed by atoms with van der Waals surface area (Å²) in [5.41, 5.74) is 0. The van der Waals surface area contributed by atoms with E-state index in [1.54, 1.807) is 7.11 Å². The van der Waals surface area contributed by atoms with E-state index in [-0.39, 0.29) is 5.97 Å². The lowest BCUT2D eigenvalue weighted by molar-refractivity contribution is -0.137. The molecule has 0 N–H and O–H groups in total. The summed E-state index contributed by atoms with van der Waals surface area (Å²) in [5.74, 6) is -0.310. The van der Waals surface area contributed by atoms with Crippen LogP contribution in [0.4, 0.5) is 0 Å². The van der Waals surface area contributed by atoms with Crippen LogP contribution in [0, 0.1) is 0 Å². The molecule has 0 atom stereocenters. The van der Waals surface area contributed by atoms with Gasteiger partial charge in [-0.25, -0.2) is 4.79 Å². The largest absolute Gasteiger partial charge is 0.463 e. The van der Waals surface area contributed by atoms with Crippen LogP contribution in [0.25, 0.3) is 0 Å². The van der Waals surface area contributed by atoms with Crippen LogP contribution in [0.2, 0.25) is 0 Å². The second-order valence-corrected chi connectivity index (χ2v) is 5.25. The standard InChI is InChI=1S/C17H32O3/c1-3-17(18)20-16-14-12-10-8-6-4-5-7-9-11-13-15-19-2/h3H,1,4-16H2,2H3. The zero-order valence-corrected chi connectivity index (χ0v) is 13.2. The molecular weight excluding hydrogens is 252 g/mol. The van der Waals surface area contributed by atoms with Gasteiger partial charge >= 0.3 is 5.97 Å². The van der Waals surface area contributed by atoms with E-state index in [1.807, 2.05) is 0 Å². The van der Waals surface area contributed by atoms with Crippen LogP contribution >= 0.6 is 0 Å². The maximum absolute atomic E-state index is 10.8. The van der Waals surface area contributed by atoms with E-state index < -0.39 is 0 Å². The van der Waals surface area contributed by atoms with Crippen LogP contribution in [0.15, 0.2) is 12.7 Å². The van der Waals surface area contributed by atoms with Crippen molar-refractivity contribution < 1.29 is 14.3 Å². The second kappa shape index (κ2) is 16.2. The fourth-order valence-electron chi connectivity index (χ4n) is 2.17. The van der Waals surface area contributed by atoms with Crippen molar-refractivity contribution in [3.05, 3.63) is 12.7 Å². The van der Waals surface area contributed by atoms with Gasteiger partial charge < -0.3 is 9.47 Å². The molecule has 0 bridgehead atoms. The van der Waals surface area contributed by atoms with E-state index in [9.17, 15) is 4.79 Å². The van der Waals surface area contributed by atoms with Gasteiger partial charge in [0.15, 0.2) is 0 Å². The predicted molar refractivity (Wildman–Crippen MR) is 83.8 cm³/mol. The van der Waals surface area contributed by atoms with Crippen LogP contribution in [0.1, 0.15) is 70.6 Å². The van der Waals surface area contributed by atoms with Gasteiger partial charge in [-0.05, 0) is 12.8 Å². The number of hydrogen-bond donors (Lipinski definition) is 0. The first-order chi connectivity index (χ1) is 9.81. The fourth-order valence-corrected chi connectivity index (χ4v) is 2.17. The molecule has 0 aliphatic carbocycles. The van der Waals surface area contributed by atoms with Crippen molar-refractivity contribution in [1.29, 1.82) is 0 Å². The van der Waals surface area contributed by atoms with Crippen LogP contribution in [-0.2, 0) is 14.3 Å². The summed E-state index contributed by atoms with van der Waals surface area (Å²) in [4.78, 5) is 10.8. The molecule has 0 aliphatic rings. The molecule has 0 saturated carbocycles. The van der Waals surface area contributed by atoms with Gasteiger partial charge in [0.25, 0.3) is 0 Å². The van der Waals surface area contributed by atoms with Crippen molar-refractivity contribution in [2.45, 2.75) is 70.6 Å². The normalized spacial score (nSPS) is 10.4. The molecule has 0 saturated heterocycles. The van der Waals surface area contributed by atoms with E-state index >= 15 is 0 Å². The van der Waals surface area contributed by atoms with Gasteiger partial charge in [-0.1, -0.05) is 64.4 Å². The average Bonchev–Trinajstić information content (AvgIpc) is 2.47. The summed E-state index contributed by atoms with van der Waals surface area (Å²) < 4.78 is 9.95. The molecule has 3 heteroatoms. The summed E-state index contributed by atoms with van der Waals surface area (Å²) in [6.45, 7) is 4.80. The van der Waals surface area contributed by atoms with Crippen LogP contribution in [-0.4, -0.2) is 26.3 Å². The molecule has 3 nitrogen and oxygen atoms in total. The van der Waals surface area contributed by atoms with Crippen LogP contribution in [0.5, 0.6) is 0 Å². The highest BCUT2D eigenvalue weighted by Gasteiger charge is 1.96. The van der Waals surface area contributed by atoms with Crippen molar-refractivity contribution in [1.82, 2.24) is 0 Å². The van der Waals surface area contributed by atoms with Crippen LogP contribution < -0.4 is 0 Å². The molecular formula is C17H32O3. The van der Waals surface area contributed by atoms with Gasteiger partial charge in [-0.2, -0.15) is 0 Å². The van der Waals surface area contributed by atoms with Crippen LogP contribution in [0.3, 0.4) is 0 Å². The highest BCUT2D eigenvalue weighted by atomic mass is 16.5. The van der Waals surface area contributed by atoms with E-state index in [4.69, 9.17) is 9.47 Å². The minimum absolute atomic E-state index is 0.310. The number of carbonyl (C=O) groups is 1. The van der Waals surface area contributed by atoms with Crippen molar-refractivity contribution in [3.63, 3.8) is 0 Å². The van der Waals surface area contributed by atoms with E-state index in [1.165, 1.54) is 63.9 Å². The molecule has 0 aromatic carbocycles. The quantitative estimate of drug-likeness (QED) is 0.249. The van der Waals surface area contributed by atoms with Gasteiger partial charge in [0, 0.05) is 19.8 Å². The highest BCUT2D eigenvalue weighted by molar-refractivity contribution is 5.81. The Morgan fingerprint density at radius 1 is 0.800 bits per heavy atom. The number of esters is 1. The molecule has 118 valence electrons. The third-order valence-corrected chi connectivity index (χ3v) is 3.40. The smallest absolute Gasteiger partial charge is 0.330 e. The lowest BCUT2D eigenvalue weighted by atomic mass is 10.1. The Morgan fingerprint density at radius 3 is 1.60 bits per heavy atom. The molecule has 0 radical (unpaired) electrons. The van der Waals surface area contributed by atoms with Gasteiger partial charge in [0.1, 0.15) is 0 Å². The number of carbonyl (C=O) groups excluding carboxylic acids is 1. The number of methoxy groups -OCH3 is 1. The van der Waals surface area contributed by atoms with Gasteiger partial charge in [0.2, 0.25) is 0 Å². The van der Waals surface area contributed by atoms with Gasteiger partial charge in [-0.15, -0.1) is 0 Å². The fraction of sp³-hybridized carbons (Fsp3) is 0.824. The molecule has 0 amide bonds. The molecule has 0 aromatic heterocycles. The van der Waals surface area contributed by atoms with Crippen molar-refractivity contribution in [2.75, 3.05) is 20.3 Å². The maximum Gasteiger partial charge on any atom is 0.330 e. The minimum Gasteiger partial charge on any atom is -0.463 e. The van der Waals surface area contributed by atoms with E-state index in [0.717, 1.165) is 19.4 Å². The zero-order chi connectivity index (χ0) is 14.9. The Balaban J connectivity index is 2.99. The molecule has 0 heterocycles. The SMILES string of the molecule is C=CC(=O)OCCCCCCCCCCCCCOC. The number of hydrogen-bond acceptors (Lipinski definition) is 3. The maximum atomic E-state index is 10.8. The zero-order valence-electron chi connectivity index (χ0n) is 13.2. The van der Waals surface area contributed by atoms with Gasteiger partial charge in [-0.3, -0.25) is 0 Å². The lowest BCUT2D eigenvalue weighted by Gasteiger charge is -2.03. The van der Waals surface area contributed by atoms with E-state index in [0.29, 0.717) is 6.61 Å². The summed E-state index contributed by atoms with van der Waals surface area (Å²) >= 11 is 0. The summed E-state index contributed by atoms with van der Waals surface area (Å²) in [7, 11) is 1.77. The minimum atomic E-state index is -0.310. The Kier molecular flexibility index (Phi) is 15.6. The molecule has 20 heavy (non-hydrogen) atoms. The number of rotatable bonds is 15. The second-order valence-electron chi connectivity index (χ2n) is 5.25. The molecule has 0 rings (SSSR count). The Bertz CT molecular complexity index is 226. The summed E-state index contributed by atoms with van der Waals surface area (Å²) in [6, 6.07) is 0. The number of unbranched alkanes of at least 4 members (excludes halogenated alkanes) is 10. The first-order valence-electron chi connectivity index (χ1n) is 8.09. The molecule has 0 aliphatic heterocycles. The molecule has 0 unspecified atom stereocenters. The van der Waals surface area contributed by atoms with Gasteiger partial charge in [0.05, 0.1) is 6.61 Å². The average molecular weight is 284 g/mol. The first-order valence-corrected chi connectivity index (χ1v) is 8.09. The monoisotopic (exact) mass is 284 g/mol. The lowest BCUT2D eigenvalue weighted by Crippen LogP contribution is -2.01. The first kappa shape index (κ1) is 19.2.